The summed E-state index contributed by atoms with van der Waals surface area (Å²) in [5.74, 6) is 0.936. The molecule has 12 heavy (non-hydrogen) atoms. The first kappa shape index (κ1) is 7.28. The second kappa shape index (κ2) is 2.59. The van der Waals surface area contributed by atoms with E-state index in [4.69, 9.17) is 0 Å². The van der Waals surface area contributed by atoms with E-state index in [1.54, 1.807) is 0 Å². The van der Waals surface area contributed by atoms with E-state index < -0.39 is 0 Å². The molecule has 3 heteroatoms. The summed E-state index contributed by atoms with van der Waals surface area (Å²) in [6, 6.07) is 0. The molecule has 0 unspecified atom stereocenters. The van der Waals surface area contributed by atoms with Gasteiger partial charge in [-0.25, -0.2) is 0 Å². The molecule has 0 atom stereocenters. The molecule has 1 aliphatic heterocycles. The summed E-state index contributed by atoms with van der Waals surface area (Å²) in [4.78, 5) is 1.97. The van der Waals surface area contributed by atoms with E-state index in [1.165, 1.54) is 0 Å². The SMILES string of the molecule is CN(C)C1=NN=C2CC=[C]C=C21. The van der Waals surface area contributed by atoms with Crippen LogP contribution in [0.5, 0.6) is 0 Å². The number of hydrogen-bond acceptors (Lipinski definition) is 3. The molecule has 0 aromatic carbocycles. The minimum atomic E-state index is 0.854. The lowest BCUT2D eigenvalue weighted by Crippen LogP contribution is -2.25. The van der Waals surface area contributed by atoms with E-state index in [9.17, 15) is 0 Å². The minimum Gasteiger partial charge on any atom is -0.361 e. The Bertz CT molecular complexity index is 319. The molecule has 0 bridgehead atoms. The minimum absolute atomic E-state index is 0.854. The second-order valence-corrected chi connectivity index (χ2v) is 3.00. The van der Waals surface area contributed by atoms with Crippen LogP contribution in [0.15, 0.2) is 27.9 Å². The fourth-order valence-electron chi connectivity index (χ4n) is 1.27. The average molecular weight is 160 g/mol. The topological polar surface area (TPSA) is 28.0 Å². The van der Waals surface area contributed by atoms with E-state index >= 15 is 0 Å². The van der Waals surface area contributed by atoms with Crippen LogP contribution in [0.3, 0.4) is 0 Å². The Morgan fingerprint density at radius 3 is 3.00 bits per heavy atom. The lowest BCUT2D eigenvalue weighted by Gasteiger charge is -2.14. The number of amidine groups is 1. The Balaban J connectivity index is 2.34. The third-order valence-corrected chi connectivity index (χ3v) is 1.88. The van der Waals surface area contributed by atoms with Crippen molar-refractivity contribution in [1.82, 2.24) is 4.90 Å². The molecule has 61 valence electrons. The van der Waals surface area contributed by atoms with Crippen molar-refractivity contribution >= 4 is 11.5 Å². The lowest BCUT2D eigenvalue weighted by molar-refractivity contribution is 0.623. The molecule has 1 heterocycles. The van der Waals surface area contributed by atoms with Crippen molar-refractivity contribution in [3.63, 3.8) is 0 Å². The van der Waals surface area contributed by atoms with E-state index in [0.29, 0.717) is 0 Å². The first-order valence-electron chi connectivity index (χ1n) is 3.89. The summed E-state index contributed by atoms with van der Waals surface area (Å²) in [6.07, 6.45) is 7.83. The highest BCUT2D eigenvalue weighted by molar-refractivity contribution is 6.26. The maximum Gasteiger partial charge on any atom is 0.159 e. The molecule has 3 nitrogen and oxygen atoms in total. The van der Waals surface area contributed by atoms with E-state index in [-0.39, 0.29) is 0 Å². The van der Waals surface area contributed by atoms with E-state index in [2.05, 4.69) is 16.3 Å². The molecular weight excluding hydrogens is 150 g/mol. The Kier molecular flexibility index (Phi) is 1.57. The van der Waals surface area contributed by atoms with Crippen molar-refractivity contribution in [3.8, 4) is 0 Å². The van der Waals surface area contributed by atoms with Crippen LogP contribution in [0.4, 0.5) is 0 Å². The summed E-state index contributed by atoms with van der Waals surface area (Å²) in [5.41, 5.74) is 2.17. The Morgan fingerprint density at radius 2 is 2.25 bits per heavy atom. The van der Waals surface area contributed by atoms with Crippen molar-refractivity contribution in [2.75, 3.05) is 14.1 Å². The third kappa shape index (κ3) is 0.978. The van der Waals surface area contributed by atoms with Gasteiger partial charge < -0.3 is 4.90 Å². The molecule has 1 aliphatic carbocycles. The van der Waals surface area contributed by atoms with Gasteiger partial charge in [0.25, 0.3) is 0 Å². The van der Waals surface area contributed by atoms with Crippen LogP contribution in [0.1, 0.15) is 6.42 Å². The van der Waals surface area contributed by atoms with Crippen LogP contribution in [-0.2, 0) is 0 Å². The first-order valence-corrected chi connectivity index (χ1v) is 3.89. The van der Waals surface area contributed by atoms with Crippen LogP contribution < -0.4 is 0 Å². The lowest BCUT2D eigenvalue weighted by atomic mass is 10.0. The number of rotatable bonds is 0. The predicted molar refractivity (Wildman–Crippen MR) is 49.1 cm³/mol. The van der Waals surface area contributed by atoms with Crippen molar-refractivity contribution in [3.05, 3.63) is 23.8 Å². The summed E-state index contributed by atoms with van der Waals surface area (Å²) >= 11 is 0. The van der Waals surface area contributed by atoms with Gasteiger partial charge in [-0.3, -0.25) is 0 Å². The zero-order valence-corrected chi connectivity index (χ0v) is 7.20. The fourth-order valence-corrected chi connectivity index (χ4v) is 1.27. The molecule has 1 radical (unpaired) electrons. The molecule has 0 aromatic heterocycles. The van der Waals surface area contributed by atoms with Crippen LogP contribution in [0.2, 0.25) is 0 Å². The summed E-state index contributed by atoms with van der Waals surface area (Å²) in [6.45, 7) is 0. The van der Waals surface area contributed by atoms with Gasteiger partial charge in [0.15, 0.2) is 5.84 Å². The molecule has 0 spiro atoms. The van der Waals surface area contributed by atoms with Crippen molar-refractivity contribution < 1.29 is 0 Å². The summed E-state index contributed by atoms with van der Waals surface area (Å²) < 4.78 is 0. The second-order valence-electron chi connectivity index (χ2n) is 3.00. The van der Waals surface area contributed by atoms with Crippen molar-refractivity contribution in [2.45, 2.75) is 6.42 Å². The Morgan fingerprint density at radius 1 is 1.42 bits per heavy atom. The van der Waals surface area contributed by atoms with Crippen LogP contribution >= 0.6 is 0 Å². The van der Waals surface area contributed by atoms with Gasteiger partial charge in [-0.2, -0.15) is 5.10 Å². The summed E-state index contributed by atoms with van der Waals surface area (Å²) in [5, 5.41) is 8.17. The van der Waals surface area contributed by atoms with Gasteiger partial charge >= 0.3 is 0 Å². The zero-order valence-electron chi connectivity index (χ0n) is 7.20. The highest BCUT2D eigenvalue weighted by Gasteiger charge is 2.21. The predicted octanol–water partition coefficient (Wildman–Crippen LogP) is 1.01. The molecule has 0 aromatic rings. The largest absolute Gasteiger partial charge is 0.361 e. The van der Waals surface area contributed by atoms with Gasteiger partial charge in [0.2, 0.25) is 0 Å². The molecular formula is C9H10N3. The van der Waals surface area contributed by atoms with Crippen molar-refractivity contribution in [2.24, 2.45) is 10.2 Å². The number of hydrogen-bond donors (Lipinski definition) is 0. The highest BCUT2D eigenvalue weighted by Crippen LogP contribution is 2.17. The molecule has 2 rings (SSSR count). The quantitative estimate of drug-likeness (QED) is 0.519. The standard InChI is InChI=1S/C9H10N3/c1-12(2)9-7-5-3-4-6-8(7)10-11-9/h4-5H,6H2,1-2H3. The van der Waals surface area contributed by atoms with Crippen LogP contribution in [0.25, 0.3) is 0 Å². The molecule has 0 saturated heterocycles. The molecule has 0 N–H and O–H groups in total. The maximum absolute atomic E-state index is 4.08. The maximum atomic E-state index is 4.08. The zero-order chi connectivity index (χ0) is 8.55. The van der Waals surface area contributed by atoms with Gasteiger partial charge in [0.1, 0.15) is 0 Å². The van der Waals surface area contributed by atoms with E-state index in [0.717, 1.165) is 23.5 Å². The van der Waals surface area contributed by atoms with Gasteiger partial charge in [-0.15, -0.1) is 5.10 Å². The monoisotopic (exact) mass is 160 g/mol. The molecule has 2 aliphatic rings. The third-order valence-electron chi connectivity index (χ3n) is 1.88. The van der Waals surface area contributed by atoms with E-state index in [1.807, 2.05) is 31.1 Å². The normalized spacial score (nSPS) is 19.7. The van der Waals surface area contributed by atoms with Crippen molar-refractivity contribution in [1.29, 1.82) is 0 Å². The molecule has 0 saturated carbocycles. The smallest absolute Gasteiger partial charge is 0.159 e. The van der Waals surface area contributed by atoms with Gasteiger partial charge in [0.05, 0.1) is 5.71 Å². The Labute approximate surface area is 71.8 Å². The highest BCUT2D eigenvalue weighted by atomic mass is 15.3. The molecule has 0 fully saturated rings. The number of nitrogens with zero attached hydrogens (tertiary/aromatic N) is 3. The Hall–Kier alpha value is -1.38. The molecule has 0 amide bonds. The van der Waals surface area contributed by atoms with Gasteiger partial charge in [0, 0.05) is 26.1 Å². The number of allylic oxidation sites excluding steroid dienone is 3. The van der Waals surface area contributed by atoms with Gasteiger partial charge in [-0.1, -0.05) is 6.08 Å². The number of likely N-dealkylation sites (N-methyl/N-ethyl adjacent to an activating group) is 1. The van der Waals surface area contributed by atoms with Crippen LogP contribution in [0, 0.1) is 6.08 Å². The van der Waals surface area contributed by atoms with Gasteiger partial charge in [-0.05, 0) is 12.2 Å². The summed E-state index contributed by atoms with van der Waals surface area (Å²) in [7, 11) is 3.94. The van der Waals surface area contributed by atoms with Crippen LogP contribution in [-0.4, -0.2) is 30.5 Å². The number of fused-ring (bicyclic) bond motifs is 1. The fraction of sp³-hybridized carbons (Fsp3) is 0.333. The average Bonchev–Trinajstić information content (AvgIpc) is 2.47. The first-order chi connectivity index (χ1) is 5.79.